The quantitative estimate of drug-likeness (QED) is 0.865. The lowest BCUT2D eigenvalue weighted by atomic mass is 9.93. The van der Waals surface area contributed by atoms with Gasteiger partial charge in [0.1, 0.15) is 5.03 Å². The van der Waals surface area contributed by atoms with Crippen molar-refractivity contribution in [2.24, 2.45) is 0 Å². The second-order valence-corrected chi connectivity index (χ2v) is 4.86. The maximum absolute atomic E-state index is 12.4. The number of halogens is 1. The predicted molar refractivity (Wildman–Crippen MR) is 79.5 cm³/mol. The molecular weight excluding hydrogens is 290 g/mol. The van der Waals surface area contributed by atoms with Crippen LogP contribution in [0.4, 0.5) is 5.69 Å². The van der Waals surface area contributed by atoms with E-state index in [4.69, 9.17) is 22.1 Å². The molecule has 0 bridgehead atoms. The predicted octanol–water partition coefficient (Wildman–Crippen LogP) is 3.18. The highest BCUT2D eigenvalue weighted by atomic mass is 35.5. The highest BCUT2D eigenvalue weighted by molar-refractivity contribution is 6.49. The maximum atomic E-state index is 12.4. The smallest absolute Gasteiger partial charge is 0.230 e. The third-order valence-electron chi connectivity index (χ3n) is 3.15. The molecule has 2 N–H and O–H groups in total. The van der Waals surface area contributed by atoms with E-state index in [0.717, 1.165) is 0 Å². The summed E-state index contributed by atoms with van der Waals surface area (Å²) in [4.78, 5) is 24.6. The fourth-order valence-electron chi connectivity index (χ4n) is 2.10. The molecule has 0 unspecified atom stereocenters. The molecule has 3 rings (SSSR count). The number of para-hydroxylation sites is 2. The van der Waals surface area contributed by atoms with Crippen molar-refractivity contribution in [2.75, 3.05) is 5.73 Å². The van der Waals surface area contributed by atoms with E-state index in [1.807, 2.05) is 0 Å². The molecule has 0 saturated heterocycles. The zero-order chi connectivity index (χ0) is 15.0. The molecule has 5 heteroatoms. The zero-order valence-electron chi connectivity index (χ0n) is 10.8. The Bertz CT molecular complexity index is 796. The Morgan fingerprint density at radius 1 is 0.857 bits per heavy atom. The van der Waals surface area contributed by atoms with Gasteiger partial charge in [0.15, 0.2) is 11.5 Å². The molecule has 0 saturated carbocycles. The second kappa shape index (κ2) is 5.07. The van der Waals surface area contributed by atoms with Crippen molar-refractivity contribution in [2.45, 2.75) is 0 Å². The SMILES string of the molecule is Nc1ccccc1OC1=C(Cl)C(=O)c2ccccc2C1=O. The van der Waals surface area contributed by atoms with Crippen LogP contribution in [0.5, 0.6) is 5.75 Å². The van der Waals surface area contributed by atoms with Gasteiger partial charge in [-0.05, 0) is 12.1 Å². The van der Waals surface area contributed by atoms with Gasteiger partial charge in [-0.25, -0.2) is 0 Å². The Balaban J connectivity index is 2.07. The van der Waals surface area contributed by atoms with E-state index < -0.39 is 11.6 Å². The Morgan fingerprint density at radius 3 is 2.10 bits per heavy atom. The normalized spacial score (nSPS) is 14.1. The summed E-state index contributed by atoms with van der Waals surface area (Å²) in [5, 5.41) is -0.234. The van der Waals surface area contributed by atoms with Crippen LogP contribution in [0.25, 0.3) is 0 Å². The van der Waals surface area contributed by atoms with Crippen LogP contribution in [0.2, 0.25) is 0 Å². The number of anilines is 1. The zero-order valence-corrected chi connectivity index (χ0v) is 11.6. The molecule has 21 heavy (non-hydrogen) atoms. The molecule has 0 amide bonds. The van der Waals surface area contributed by atoms with Crippen molar-refractivity contribution in [1.29, 1.82) is 0 Å². The number of carbonyl (C=O) groups is 2. The molecule has 0 aliphatic heterocycles. The number of rotatable bonds is 2. The van der Waals surface area contributed by atoms with E-state index in [1.165, 1.54) is 0 Å². The number of Topliss-reactive ketones (excluding diaryl/α,β-unsaturated/α-hetero) is 2. The third-order valence-corrected chi connectivity index (χ3v) is 3.50. The molecule has 0 aromatic heterocycles. The van der Waals surface area contributed by atoms with Gasteiger partial charge >= 0.3 is 0 Å². The van der Waals surface area contributed by atoms with Gasteiger partial charge in [0, 0.05) is 11.1 Å². The highest BCUT2D eigenvalue weighted by Gasteiger charge is 2.33. The number of nitrogens with two attached hydrogens (primary N) is 1. The van der Waals surface area contributed by atoms with Crippen molar-refractivity contribution in [3.63, 3.8) is 0 Å². The van der Waals surface area contributed by atoms with Gasteiger partial charge in [-0.1, -0.05) is 48.0 Å². The van der Waals surface area contributed by atoms with Crippen molar-refractivity contribution >= 4 is 28.9 Å². The Labute approximate surface area is 125 Å². The van der Waals surface area contributed by atoms with E-state index in [-0.39, 0.29) is 27.7 Å². The van der Waals surface area contributed by atoms with Crippen LogP contribution in [0.3, 0.4) is 0 Å². The van der Waals surface area contributed by atoms with Gasteiger partial charge in [0.05, 0.1) is 5.69 Å². The first kappa shape index (κ1) is 13.4. The van der Waals surface area contributed by atoms with E-state index in [9.17, 15) is 9.59 Å². The monoisotopic (exact) mass is 299 g/mol. The first-order valence-corrected chi connectivity index (χ1v) is 6.58. The largest absolute Gasteiger partial charge is 0.449 e. The molecule has 2 aromatic rings. The van der Waals surface area contributed by atoms with Gasteiger partial charge in [0.2, 0.25) is 11.6 Å². The van der Waals surface area contributed by atoms with Gasteiger partial charge in [-0.15, -0.1) is 0 Å². The molecule has 2 aromatic carbocycles. The number of ether oxygens (including phenoxy) is 1. The van der Waals surface area contributed by atoms with Crippen LogP contribution in [0, 0.1) is 0 Å². The summed E-state index contributed by atoms with van der Waals surface area (Å²) in [5.74, 6) is -0.778. The number of ketones is 2. The Kier molecular flexibility index (Phi) is 3.23. The number of hydrogen-bond acceptors (Lipinski definition) is 4. The fourth-order valence-corrected chi connectivity index (χ4v) is 2.32. The summed E-state index contributed by atoms with van der Waals surface area (Å²) >= 11 is 6.00. The molecule has 104 valence electrons. The number of fused-ring (bicyclic) bond motifs is 1. The van der Waals surface area contributed by atoms with Crippen LogP contribution >= 0.6 is 11.6 Å². The minimum Gasteiger partial charge on any atom is -0.449 e. The number of nitrogen functional groups attached to an aromatic ring is 1. The first-order valence-electron chi connectivity index (χ1n) is 6.20. The first-order chi connectivity index (χ1) is 10.1. The van der Waals surface area contributed by atoms with Gasteiger partial charge in [0.25, 0.3) is 0 Å². The fraction of sp³-hybridized carbons (Fsp3) is 0. The summed E-state index contributed by atoms with van der Waals surface area (Å²) in [5.41, 5.74) is 6.68. The summed E-state index contributed by atoms with van der Waals surface area (Å²) in [6.45, 7) is 0. The van der Waals surface area contributed by atoms with Crippen LogP contribution in [0.15, 0.2) is 59.3 Å². The van der Waals surface area contributed by atoms with Gasteiger partial charge in [-0.2, -0.15) is 0 Å². The molecule has 1 aliphatic rings. The average Bonchev–Trinajstić information content (AvgIpc) is 2.51. The molecule has 0 heterocycles. The standard InChI is InChI=1S/C16H10ClNO3/c17-13-14(19)9-5-1-2-6-10(9)15(20)16(13)21-12-8-4-3-7-11(12)18/h1-8H,18H2. The maximum Gasteiger partial charge on any atom is 0.230 e. The molecule has 0 spiro atoms. The van der Waals surface area contributed by atoms with Gasteiger partial charge < -0.3 is 10.5 Å². The van der Waals surface area contributed by atoms with Crippen LogP contribution < -0.4 is 10.5 Å². The lowest BCUT2D eigenvalue weighted by molar-refractivity contribution is 0.0943. The van der Waals surface area contributed by atoms with E-state index >= 15 is 0 Å². The lowest BCUT2D eigenvalue weighted by Gasteiger charge is -2.18. The minimum absolute atomic E-state index is 0.196. The Hall–Kier alpha value is -2.59. The molecule has 1 aliphatic carbocycles. The van der Waals surface area contributed by atoms with E-state index in [1.54, 1.807) is 48.5 Å². The average molecular weight is 300 g/mol. The third kappa shape index (κ3) is 2.19. The summed E-state index contributed by atoms with van der Waals surface area (Å²) in [7, 11) is 0. The molecule has 0 radical (unpaired) electrons. The summed E-state index contributed by atoms with van der Waals surface area (Å²) < 4.78 is 5.49. The minimum atomic E-state index is -0.434. The molecule has 4 nitrogen and oxygen atoms in total. The molecule has 0 fully saturated rings. The molecular formula is C16H10ClNO3. The van der Waals surface area contributed by atoms with Crippen molar-refractivity contribution < 1.29 is 14.3 Å². The van der Waals surface area contributed by atoms with Crippen molar-refractivity contribution in [3.05, 3.63) is 70.4 Å². The number of allylic oxidation sites excluding steroid dienone is 2. The number of hydrogen-bond donors (Lipinski definition) is 1. The molecule has 0 atom stereocenters. The van der Waals surface area contributed by atoms with E-state index in [2.05, 4.69) is 0 Å². The van der Waals surface area contributed by atoms with E-state index in [0.29, 0.717) is 5.69 Å². The number of benzene rings is 2. The second-order valence-electron chi connectivity index (χ2n) is 4.49. The lowest BCUT2D eigenvalue weighted by Crippen LogP contribution is -2.23. The summed E-state index contributed by atoms with van der Waals surface area (Å²) in [6.07, 6.45) is 0. The van der Waals surface area contributed by atoms with Crippen LogP contribution in [0.1, 0.15) is 20.7 Å². The van der Waals surface area contributed by atoms with Crippen LogP contribution in [-0.4, -0.2) is 11.6 Å². The van der Waals surface area contributed by atoms with Crippen molar-refractivity contribution in [1.82, 2.24) is 0 Å². The Morgan fingerprint density at radius 2 is 1.43 bits per heavy atom. The highest BCUT2D eigenvalue weighted by Crippen LogP contribution is 2.31. The number of carbonyl (C=O) groups excluding carboxylic acids is 2. The van der Waals surface area contributed by atoms with Crippen LogP contribution in [-0.2, 0) is 0 Å². The van der Waals surface area contributed by atoms with Crippen molar-refractivity contribution in [3.8, 4) is 5.75 Å². The topological polar surface area (TPSA) is 69.4 Å². The van der Waals surface area contributed by atoms with Gasteiger partial charge in [-0.3, -0.25) is 9.59 Å². The summed E-state index contributed by atoms with van der Waals surface area (Å²) in [6, 6.07) is 13.2.